The summed E-state index contributed by atoms with van der Waals surface area (Å²) in [5, 5.41) is 14.5. The minimum absolute atomic E-state index is 0.00178. The first kappa shape index (κ1) is 14.1. The van der Waals surface area contributed by atoms with Crippen molar-refractivity contribution in [2.24, 2.45) is 11.8 Å². The van der Waals surface area contributed by atoms with Crippen LogP contribution in [0.25, 0.3) is 0 Å². The summed E-state index contributed by atoms with van der Waals surface area (Å²) in [4.78, 5) is 16.2. The molecule has 22 heavy (non-hydrogen) atoms. The highest BCUT2D eigenvalue weighted by Gasteiger charge is 2.44. The first-order valence-corrected chi connectivity index (χ1v) is 8.54. The van der Waals surface area contributed by atoms with Crippen LogP contribution in [0.3, 0.4) is 0 Å². The summed E-state index contributed by atoms with van der Waals surface area (Å²) in [5.41, 5.74) is 0. The summed E-state index contributed by atoms with van der Waals surface area (Å²) in [5.74, 6) is 1.45. The minimum atomic E-state index is 0.00178. The second-order valence-electron chi connectivity index (χ2n) is 7.03. The maximum absolute atomic E-state index is 12.2. The number of hydrogen-bond donors (Lipinski definition) is 1. The average molecular weight is 304 g/mol. The summed E-state index contributed by atoms with van der Waals surface area (Å²) < 4.78 is 0. The van der Waals surface area contributed by atoms with Gasteiger partial charge in [0.1, 0.15) is 6.54 Å². The number of rotatable bonds is 5. The summed E-state index contributed by atoms with van der Waals surface area (Å²) in [6.45, 7) is 2.35. The highest BCUT2D eigenvalue weighted by molar-refractivity contribution is 5.75. The third kappa shape index (κ3) is 2.99. The lowest BCUT2D eigenvalue weighted by Crippen LogP contribution is -2.43. The number of aromatic nitrogens is 4. The Morgan fingerprint density at radius 1 is 1.18 bits per heavy atom. The molecule has 0 bridgehead atoms. The molecule has 1 N–H and O–H groups in total. The van der Waals surface area contributed by atoms with E-state index >= 15 is 0 Å². The van der Waals surface area contributed by atoms with Gasteiger partial charge < -0.3 is 5.32 Å². The zero-order valence-electron chi connectivity index (χ0n) is 12.9. The van der Waals surface area contributed by atoms with Crippen LogP contribution < -0.4 is 5.32 Å². The van der Waals surface area contributed by atoms with Crippen molar-refractivity contribution in [3.8, 4) is 0 Å². The molecule has 120 valence electrons. The Bertz CT molecular complexity index is 508. The SMILES string of the molecule is O=C(Cn1ncnn1)N[C@H]1CN(C2CCCC2)C[C@@H]1C1CC1. The van der Waals surface area contributed by atoms with Gasteiger partial charge in [0.2, 0.25) is 5.91 Å². The molecule has 1 amide bonds. The van der Waals surface area contributed by atoms with E-state index in [4.69, 9.17) is 0 Å². The molecule has 7 nitrogen and oxygen atoms in total. The predicted molar refractivity (Wildman–Crippen MR) is 79.8 cm³/mol. The number of likely N-dealkylation sites (tertiary alicyclic amines) is 1. The van der Waals surface area contributed by atoms with Crippen LogP contribution in [0, 0.1) is 11.8 Å². The first-order chi connectivity index (χ1) is 10.8. The van der Waals surface area contributed by atoms with E-state index in [1.54, 1.807) is 0 Å². The zero-order valence-corrected chi connectivity index (χ0v) is 12.9. The van der Waals surface area contributed by atoms with Gasteiger partial charge in [0.05, 0.1) is 0 Å². The second kappa shape index (κ2) is 5.95. The maximum Gasteiger partial charge on any atom is 0.243 e. The zero-order chi connectivity index (χ0) is 14.9. The molecule has 7 heteroatoms. The smallest absolute Gasteiger partial charge is 0.243 e. The standard InChI is InChI=1S/C15H24N6O/c22-15(9-21-17-10-16-19-21)18-14-8-20(12-3-1-2-4-12)7-13(14)11-5-6-11/h10-14H,1-9H2,(H,18,22)/t13-,14+/m1/s1. The lowest BCUT2D eigenvalue weighted by Gasteiger charge is -2.23. The van der Waals surface area contributed by atoms with Gasteiger partial charge in [-0.2, -0.15) is 4.80 Å². The van der Waals surface area contributed by atoms with E-state index in [0.717, 1.165) is 18.5 Å². The Hall–Kier alpha value is -1.50. The number of nitrogens with one attached hydrogen (secondary N) is 1. The molecule has 1 aliphatic heterocycles. The van der Waals surface area contributed by atoms with Crippen molar-refractivity contribution in [1.29, 1.82) is 0 Å². The van der Waals surface area contributed by atoms with Crippen LogP contribution in [-0.2, 0) is 11.3 Å². The fraction of sp³-hybridized carbons (Fsp3) is 0.867. The van der Waals surface area contributed by atoms with E-state index in [-0.39, 0.29) is 12.5 Å². The van der Waals surface area contributed by atoms with Crippen LogP contribution in [0.15, 0.2) is 6.33 Å². The minimum Gasteiger partial charge on any atom is -0.350 e. The molecule has 2 aliphatic carbocycles. The summed E-state index contributed by atoms with van der Waals surface area (Å²) in [6.07, 6.45) is 9.43. The van der Waals surface area contributed by atoms with E-state index in [2.05, 4.69) is 25.6 Å². The van der Waals surface area contributed by atoms with Crippen molar-refractivity contribution < 1.29 is 4.79 Å². The molecule has 2 atom stereocenters. The molecule has 1 saturated heterocycles. The Morgan fingerprint density at radius 2 is 2.00 bits per heavy atom. The van der Waals surface area contributed by atoms with E-state index in [0.29, 0.717) is 12.0 Å². The van der Waals surface area contributed by atoms with Crippen LogP contribution in [-0.4, -0.2) is 56.2 Å². The second-order valence-corrected chi connectivity index (χ2v) is 7.03. The maximum atomic E-state index is 12.2. The summed E-state index contributed by atoms with van der Waals surface area (Å²) in [7, 11) is 0. The number of carbonyl (C=O) groups is 1. The lowest BCUT2D eigenvalue weighted by molar-refractivity contribution is -0.123. The Kier molecular flexibility index (Phi) is 3.82. The van der Waals surface area contributed by atoms with E-state index in [1.165, 1.54) is 56.2 Å². The normalized spacial score (nSPS) is 30.0. The molecule has 0 unspecified atom stereocenters. The molecule has 2 heterocycles. The van der Waals surface area contributed by atoms with Gasteiger partial charge >= 0.3 is 0 Å². The van der Waals surface area contributed by atoms with Gasteiger partial charge in [-0.05, 0) is 42.7 Å². The van der Waals surface area contributed by atoms with Gasteiger partial charge in [0.15, 0.2) is 6.33 Å². The molecule has 1 aromatic rings. The van der Waals surface area contributed by atoms with Gasteiger partial charge in [-0.15, -0.1) is 10.2 Å². The summed E-state index contributed by atoms with van der Waals surface area (Å²) in [6, 6.07) is 1.05. The van der Waals surface area contributed by atoms with Crippen LogP contribution >= 0.6 is 0 Å². The number of amides is 1. The van der Waals surface area contributed by atoms with Crippen LogP contribution in [0.2, 0.25) is 0 Å². The third-order valence-corrected chi connectivity index (χ3v) is 5.48. The number of tetrazole rings is 1. The molecule has 1 aromatic heterocycles. The van der Waals surface area contributed by atoms with Gasteiger partial charge in [-0.1, -0.05) is 12.8 Å². The molecule has 0 spiro atoms. The highest BCUT2D eigenvalue weighted by Crippen LogP contribution is 2.42. The molecule has 3 aliphatic rings. The molecule has 2 saturated carbocycles. The molecular weight excluding hydrogens is 280 g/mol. The topological polar surface area (TPSA) is 75.9 Å². The van der Waals surface area contributed by atoms with Gasteiger partial charge in [-0.25, -0.2) is 0 Å². The van der Waals surface area contributed by atoms with Crippen molar-refractivity contribution in [2.45, 2.75) is 57.2 Å². The van der Waals surface area contributed by atoms with E-state index < -0.39 is 0 Å². The first-order valence-electron chi connectivity index (χ1n) is 8.54. The highest BCUT2D eigenvalue weighted by atomic mass is 16.2. The van der Waals surface area contributed by atoms with Crippen molar-refractivity contribution >= 4 is 5.91 Å². The fourth-order valence-corrected chi connectivity index (χ4v) is 4.22. The molecule has 4 rings (SSSR count). The van der Waals surface area contributed by atoms with Crippen molar-refractivity contribution in [2.75, 3.05) is 13.1 Å². The fourth-order valence-electron chi connectivity index (χ4n) is 4.22. The van der Waals surface area contributed by atoms with Gasteiger partial charge in [-0.3, -0.25) is 9.69 Å². The van der Waals surface area contributed by atoms with Gasteiger partial charge in [0.25, 0.3) is 0 Å². The van der Waals surface area contributed by atoms with Crippen molar-refractivity contribution in [1.82, 2.24) is 30.4 Å². The number of hydrogen-bond acceptors (Lipinski definition) is 5. The summed E-state index contributed by atoms with van der Waals surface area (Å²) >= 11 is 0. The van der Waals surface area contributed by atoms with E-state index in [9.17, 15) is 4.79 Å². The molecule has 0 radical (unpaired) electrons. The molecule has 3 fully saturated rings. The largest absolute Gasteiger partial charge is 0.350 e. The van der Waals surface area contributed by atoms with E-state index in [1.807, 2.05) is 0 Å². The Labute approximate surface area is 130 Å². The average Bonchev–Trinajstić information content (AvgIpc) is 2.96. The third-order valence-electron chi connectivity index (χ3n) is 5.48. The van der Waals surface area contributed by atoms with Crippen LogP contribution in [0.1, 0.15) is 38.5 Å². The van der Waals surface area contributed by atoms with Crippen LogP contribution in [0.4, 0.5) is 0 Å². The van der Waals surface area contributed by atoms with Crippen molar-refractivity contribution in [3.63, 3.8) is 0 Å². The molecule has 0 aromatic carbocycles. The Morgan fingerprint density at radius 3 is 2.68 bits per heavy atom. The van der Waals surface area contributed by atoms with Crippen LogP contribution in [0.5, 0.6) is 0 Å². The number of carbonyl (C=O) groups excluding carboxylic acids is 1. The monoisotopic (exact) mass is 304 g/mol. The predicted octanol–water partition coefficient (Wildman–Crippen LogP) is 0.442. The van der Waals surface area contributed by atoms with Gasteiger partial charge in [0, 0.05) is 25.2 Å². The van der Waals surface area contributed by atoms with Crippen molar-refractivity contribution in [3.05, 3.63) is 6.33 Å². The quantitative estimate of drug-likeness (QED) is 0.854. The number of nitrogens with zero attached hydrogens (tertiary/aromatic N) is 5. The lowest BCUT2D eigenvalue weighted by atomic mass is 9.98. The molecular formula is C15H24N6O. The Balaban J connectivity index is 1.37.